The van der Waals surface area contributed by atoms with Crippen LogP contribution in [0.5, 0.6) is 5.75 Å². The maximum absolute atomic E-state index is 5.17. The van der Waals surface area contributed by atoms with Gasteiger partial charge in [0.2, 0.25) is 0 Å². The van der Waals surface area contributed by atoms with Gasteiger partial charge in [0.15, 0.2) is 0 Å². The summed E-state index contributed by atoms with van der Waals surface area (Å²) in [6, 6.07) is 9.34. The Morgan fingerprint density at radius 1 is 1.28 bits per heavy atom. The highest BCUT2D eigenvalue weighted by Crippen LogP contribution is 2.14. The number of nitrogens with zero attached hydrogens (tertiary/aromatic N) is 1. The Balaban J connectivity index is 2.59. The van der Waals surface area contributed by atoms with E-state index in [1.165, 1.54) is 5.56 Å². The number of methoxy groups -OCH3 is 1. The average Bonchev–Trinajstić information content (AvgIpc) is 2.40. The zero-order valence-corrected chi connectivity index (χ0v) is 12.2. The zero-order valence-electron chi connectivity index (χ0n) is 12.2. The lowest BCUT2D eigenvalue weighted by atomic mass is 10.1. The first-order chi connectivity index (χ1) is 8.62. The summed E-state index contributed by atoms with van der Waals surface area (Å²) in [6.45, 7) is 5.45. The minimum absolute atomic E-state index is 0.516. The third-order valence-corrected chi connectivity index (χ3v) is 3.68. The lowest BCUT2D eigenvalue weighted by Crippen LogP contribution is -2.44. The lowest BCUT2D eigenvalue weighted by Gasteiger charge is -2.31. The third-order valence-electron chi connectivity index (χ3n) is 3.68. The Morgan fingerprint density at radius 2 is 1.89 bits per heavy atom. The molecule has 0 fully saturated rings. The molecule has 2 atom stereocenters. The summed E-state index contributed by atoms with van der Waals surface area (Å²) in [4.78, 5) is 2.38. The van der Waals surface area contributed by atoms with E-state index in [1.54, 1.807) is 7.11 Å². The molecular weight excluding hydrogens is 224 g/mol. The highest BCUT2D eigenvalue weighted by molar-refractivity contribution is 5.27. The second-order valence-corrected chi connectivity index (χ2v) is 4.81. The molecular formula is C15H26N2O. The average molecular weight is 250 g/mol. The van der Waals surface area contributed by atoms with Gasteiger partial charge < -0.3 is 10.1 Å². The largest absolute Gasteiger partial charge is 0.497 e. The van der Waals surface area contributed by atoms with Gasteiger partial charge in [0.25, 0.3) is 0 Å². The molecule has 0 aromatic heterocycles. The summed E-state index contributed by atoms with van der Waals surface area (Å²) < 4.78 is 5.17. The predicted octanol–water partition coefficient (Wildman–Crippen LogP) is 2.51. The first-order valence-corrected chi connectivity index (χ1v) is 6.62. The number of likely N-dealkylation sites (N-methyl/N-ethyl adjacent to an activating group) is 2. The molecule has 0 bridgehead atoms. The normalized spacial score (nSPS) is 14.6. The van der Waals surface area contributed by atoms with Crippen LogP contribution in [0.15, 0.2) is 24.3 Å². The van der Waals surface area contributed by atoms with Crippen LogP contribution in [0.2, 0.25) is 0 Å². The fraction of sp³-hybridized carbons (Fsp3) is 0.600. The summed E-state index contributed by atoms with van der Waals surface area (Å²) in [6.07, 6.45) is 1.14. The third kappa shape index (κ3) is 4.00. The summed E-state index contributed by atoms with van der Waals surface area (Å²) in [5.41, 5.74) is 1.32. The SMILES string of the molecule is CCC(NC)C(C)N(C)Cc1ccc(OC)cc1. The molecule has 0 aliphatic carbocycles. The second kappa shape index (κ2) is 7.39. The van der Waals surface area contributed by atoms with Crippen LogP contribution in [0, 0.1) is 0 Å². The number of hydrogen-bond donors (Lipinski definition) is 1. The monoisotopic (exact) mass is 250 g/mol. The Morgan fingerprint density at radius 3 is 2.33 bits per heavy atom. The van der Waals surface area contributed by atoms with Gasteiger partial charge in [0.05, 0.1) is 7.11 Å². The van der Waals surface area contributed by atoms with Crippen LogP contribution in [-0.4, -0.2) is 38.2 Å². The van der Waals surface area contributed by atoms with Crippen molar-refractivity contribution < 1.29 is 4.74 Å². The van der Waals surface area contributed by atoms with Gasteiger partial charge >= 0.3 is 0 Å². The molecule has 0 heterocycles. The summed E-state index contributed by atoms with van der Waals surface area (Å²) >= 11 is 0. The van der Waals surface area contributed by atoms with E-state index in [9.17, 15) is 0 Å². The maximum Gasteiger partial charge on any atom is 0.118 e. The Labute approximate surface area is 111 Å². The van der Waals surface area contributed by atoms with Crippen LogP contribution in [0.25, 0.3) is 0 Å². The van der Waals surface area contributed by atoms with Crippen molar-refractivity contribution in [3.05, 3.63) is 29.8 Å². The fourth-order valence-electron chi connectivity index (χ4n) is 2.26. The van der Waals surface area contributed by atoms with Gasteiger partial charge in [-0.05, 0) is 45.1 Å². The van der Waals surface area contributed by atoms with Crippen LogP contribution >= 0.6 is 0 Å². The van der Waals surface area contributed by atoms with Crippen molar-refractivity contribution in [1.29, 1.82) is 0 Å². The van der Waals surface area contributed by atoms with Crippen molar-refractivity contribution >= 4 is 0 Å². The number of ether oxygens (including phenoxy) is 1. The van der Waals surface area contributed by atoms with E-state index >= 15 is 0 Å². The molecule has 0 aliphatic rings. The van der Waals surface area contributed by atoms with E-state index in [1.807, 2.05) is 19.2 Å². The van der Waals surface area contributed by atoms with E-state index in [4.69, 9.17) is 4.74 Å². The van der Waals surface area contributed by atoms with E-state index in [-0.39, 0.29) is 0 Å². The lowest BCUT2D eigenvalue weighted by molar-refractivity contribution is 0.200. The summed E-state index contributed by atoms with van der Waals surface area (Å²) in [5, 5.41) is 3.37. The van der Waals surface area contributed by atoms with Gasteiger partial charge in [-0.3, -0.25) is 4.90 Å². The van der Waals surface area contributed by atoms with Crippen molar-refractivity contribution in [3.63, 3.8) is 0 Å². The predicted molar refractivity (Wildman–Crippen MR) is 77.1 cm³/mol. The fourth-order valence-corrected chi connectivity index (χ4v) is 2.26. The van der Waals surface area contributed by atoms with Crippen molar-refractivity contribution in [1.82, 2.24) is 10.2 Å². The highest BCUT2D eigenvalue weighted by Gasteiger charge is 2.17. The molecule has 1 aromatic carbocycles. The molecule has 0 aliphatic heterocycles. The van der Waals surface area contributed by atoms with Gasteiger partial charge in [-0.15, -0.1) is 0 Å². The van der Waals surface area contributed by atoms with Crippen molar-refractivity contribution in [2.24, 2.45) is 0 Å². The van der Waals surface area contributed by atoms with Crippen molar-refractivity contribution in [2.75, 3.05) is 21.2 Å². The molecule has 0 radical (unpaired) electrons. The van der Waals surface area contributed by atoms with Crippen molar-refractivity contribution in [2.45, 2.75) is 38.9 Å². The van der Waals surface area contributed by atoms with Crippen LogP contribution in [0.3, 0.4) is 0 Å². The molecule has 0 spiro atoms. The Bertz CT molecular complexity index is 333. The van der Waals surface area contributed by atoms with E-state index in [2.05, 4.69) is 43.2 Å². The molecule has 18 heavy (non-hydrogen) atoms. The first-order valence-electron chi connectivity index (χ1n) is 6.62. The number of rotatable bonds is 7. The topological polar surface area (TPSA) is 24.5 Å². The molecule has 1 N–H and O–H groups in total. The molecule has 102 valence electrons. The first kappa shape index (κ1) is 15.0. The molecule has 1 aromatic rings. The van der Waals surface area contributed by atoms with Gasteiger partial charge in [-0.1, -0.05) is 19.1 Å². The highest BCUT2D eigenvalue weighted by atomic mass is 16.5. The van der Waals surface area contributed by atoms with E-state index in [0.29, 0.717) is 12.1 Å². The van der Waals surface area contributed by atoms with Crippen LogP contribution in [0.4, 0.5) is 0 Å². The second-order valence-electron chi connectivity index (χ2n) is 4.81. The minimum atomic E-state index is 0.516. The van der Waals surface area contributed by atoms with Crippen LogP contribution < -0.4 is 10.1 Å². The summed E-state index contributed by atoms with van der Waals surface area (Å²) in [7, 11) is 5.91. The standard InChI is InChI=1S/C15H26N2O/c1-6-15(16-3)12(2)17(4)11-13-7-9-14(18-5)10-8-13/h7-10,12,15-16H,6,11H2,1-5H3. The molecule has 3 heteroatoms. The quantitative estimate of drug-likeness (QED) is 0.805. The van der Waals surface area contributed by atoms with E-state index < -0.39 is 0 Å². The zero-order chi connectivity index (χ0) is 13.5. The molecule has 0 amide bonds. The molecule has 2 unspecified atom stereocenters. The molecule has 1 rings (SSSR count). The summed E-state index contributed by atoms with van der Waals surface area (Å²) in [5.74, 6) is 0.913. The van der Waals surface area contributed by atoms with Gasteiger partial charge in [0, 0.05) is 18.6 Å². The van der Waals surface area contributed by atoms with E-state index in [0.717, 1.165) is 18.7 Å². The number of benzene rings is 1. The number of nitrogens with one attached hydrogen (secondary N) is 1. The Kier molecular flexibility index (Phi) is 6.16. The molecule has 0 saturated heterocycles. The van der Waals surface area contributed by atoms with Crippen LogP contribution in [-0.2, 0) is 6.54 Å². The number of hydrogen-bond acceptors (Lipinski definition) is 3. The molecule has 0 saturated carbocycles. The molecule has 3 nitrogen and oxygen atoms in total. The Hall–Kier alpha value is -1.06. The van der Waals surface area contributed by atoms with Gasteiger partial charge in [-0.2, -0.15) is 0 Å². The maximum atomic E-state index is 5.17. The smallest absolute Gasteiger partial charge is 0.118 e. The minimum Gasteiger partial charge on any atom is -0.497 e. The van der Waals surface area contributed by atoms with Gasteiger partial charge in [-0.25, -0.2) is 0 Å². The van der Waals surface area contributed by atoms with Crippen molar-refractivity contribution in [3.8, 4) is 5.75 Å². The van der Waals surface area contributed by atoms with Crippen LogP contribution in [0.1, 0.15) is 25.8 Å². The van der Waals surface area contributed by atoms with Gasteiger partial charge in [0.1, 0.15) is 5.75 Å².